The molecule has 0 aromatic heterocycles. The number of benzene rings is 1. The first kappa shape index (κ1) is 15.6. The van der Waals surface area contributed by atoms with Crippen molar-refractivity contribution in [2.45, 2.75) is 25.1 Å². The van der Waals surface area contributed by atoms with Crippen LogP contribution in [0.5, 0.6) is 5.75 Å². The molecule has 0 unspecified atom stereocenters. The highest BCUT2D eigenvalue weighted by atomic mass is 19.4. The lowest BCUT2D eigenvalue weighted by Crippen LogP contribution is -2.26. The maximum Gasteiger partial charge on any atom is 0.417 e. The molecule has 1 aromatic rings. The topological polar surface area (TPSA) is 62.3 Å². The predicted octanol–water partition coefficient (Wildman–Crippen LogP) is 2.46. The number of halogens is 3. The maximum absolute atomic E-state index is 12.9. The van der Waals surface area contributed by atoms with Crippen molar-refractivity contribution in [2.75, 3.05) is 20.2 Å². The van der Waals surface area contributed by atoms with E-state index in [9.17, 15) is 13.2 Å². The van der Waals surface area contributed by atoms with Gasteiger partial charge in [0.25, 0.3) is 0 Å². The van der Waals surface area contributed by atoms with Gasteiger partial charge in [-0.25, -0.2) is 0 Å². The van der Waals surface area contributed by atoms with E-state index in [1.807, 2.05) is 7.05 Å². The van der Waals surface area contributed by atoms with Crippen molar-refractivity contribution in [1.82, 2.24) is 4.90 Å². The third-order valence-corrected chi connectivity index (χ3v) is 3.47. The molecular weight excluding hydrogens is 283 g/mol. The van der Waals surface area contributed by atoms with Crippen molar-refractivity contribution in [3.63, 3.8) is 0 Å². The van der Waals surface area contributed by atoms with Gasteiger partial charge in [0.2, 0.25) is 0 Å². The van der Waals surface area contributed by atoms with Gasteiger partial charge in [0.1, 0.15) is 18.2 Å². The van der Waals surface area contributed by atoms with Crippen LogP contribution in [0.2, 0.25) is 0 Å². The second-order valence-corrected chi connectivity index (χ2v) is 5.18. The largest absolute Gasteiger partial charge is 0.492 e. The number of likely N-dealkylation sites (N-methyl/N-ethyl adjacent to an activating group) is 1. The van der Waals surface area contributed by atoms with E-state index in [0.29, 0.717) is 19.2 Å². The Hall–Kier alpha value is -1.76. The van der Waals surface area contributed by atoms with Crippen molar-refractivity contribution >= 4 is 5.84 Å². The fourth-order valence-electron chi connectivity index (χ4n) is 2.09. The first-order valence-corrected chi connectivity index (χ1v) is 6.67. The van der Waals surface area contributed by atoms with Crippen LogP contribution in [-0.4, -0.2) is 37.0 Å². The highest BCUT2D eigenvalue weighted by molar-refractivity contribution is 5.96. The number of amidine groups is 1. The van der Waals surface area contributed by atoms with E-state index in [1.165, 1.54) is 25.0 Å². The second-order valence-electron chi connectivity index (χ2n) is 5.18. The van der Waals surface area contributed by atoms with Gasteiger partial charge in [-0.2, -0.15) is 13.2 Å². The molecule has 4 nitrogen and oxygen atoms in total. The molecule has 1 fully saturated rings. The van der Waals surface area contributed by atoms with Crippen molar-refractivity contribution in [1.29, 1.82) is 5.41 Å². The number of rotatable bonds is 6. The molecule has 0 heterocycles. The zero-order valence-corrected chi connectivity index (χ0v) is 11.7. The molecule has 7 heteroatoms. The van der Waals surface area contributed by atoms with E-state index in [4.69, 9.17) is 15.9 Å². The first-order valence-electron chi connectivity index (χ1n) is 6.67. The average molecular weight is 301 g/mol. The van der Waals surface area contributed by atoms with Crippen LogP contribution in [0.15, 0.2) is 18.2 Å². The molecule has 0 atom stereocenters. The van der Waals surface area contributed by atoms with E-state index < -0.39 is 17.6 Å². The zero-order chi connectivity index (χ0) is 15.6. The lowest BCUT2D eigenvalue weighted by molar-refractivity contribution is -0.137. The molecule has 0 saturated heterocycles. The average Bonchev–Trinajstić information content (AvgIpc) is 3.21. The van der Waals surface area contributed by atoms with Crippen LogP contribution in [0.4, 0.5) is 13.2 Å². The van der Waals surface area contributed by atoms with E-state index in [2.05, 4.69) is 4.90 Å². The SMILES string of the molecule is CN(CCOc1ccc(C(=N)N)c(C(F)(F)F)c1)C1CC1. The molecule has 1 aliphatic rings. The summed E-state index contributed by atoms with van der Waals surface area (Å²) in [6, 6.07) is 4.06. The number of hydrogen-bond acceptors (Lipinski definition) is 3. The van der Waals surface area contributed by atoms with Gasteiger partial charge in [-0.15, -0.1) is 0 Å². The monoisotopic (exact) mass is 301 g/mol. The standard InChI is InChI=1S/C14H18F3N3O/c1-20(9-2-3-9)6-7-21-10-4-5-11(13(18)19)12(8-10)14(15,16)17/h4-5,8-9H,2-3,6-7H2,1H3,(H3,18,19). The summed E-state index contributed by atoms with van der Waals surface area (Å²) in [7, 11) is 1.97. The number of ether oxygens (including phenoxy) is 1. The third kappa shape index (κ3) is 4.10. The Kier molecular flexibility index (Phi) is 4.41. The second kappa shape index (κ2) is 5.93. The Morgan fingerprint density at radius 1 is 1.43 bits per heavy atom. The van der Waals surface area contributed by atoms with E-state index in [0.717, 1.165) is 6.07 Å². The molecule has 1 aliphatic carbocycles. The van der Waals surface area contributed by atoms with Gasteiger partial charge < -0.3 is 15.4 Å². The van der Waals surface area contributed by atoms with E-state index >= 15 is 0 Å². The third-order valence-electron chi connectivity index (χ3n) is 3.47. The Labute approximate surface area is 121 Å². The molecule has 1 saturated carbocycles. The summed E-state index contributed by atoms with van der Waals surface area (Å²) in [6.45, 7) is 0.990. The van der Waals surface area contributed by atoms with Gasteiger partial charge in [-0.3, -0.25) is 5.41 Å². The lowest BCUT2D eigenvalue weighted by atomic mass is 10.1. The zero-order valence-electron chi connectivity index (χ0n) is 11.7. The normalized spacial score (nSPS) is 15.3. The molecule has 0 bridgehead atoms. The van der Waals surface area contributed by atoms with E-state index in [-0.39, 0.29) is 11.3 Å². The van der Waals surface area contributed by atoms with Gasteiger partial charge in [0.05, 0.1) is 5.56 Å². The summed E-state index contributed by atoms with van der Waals surface area (Å²) in [4.78, 5) is 2.13. The molecule has 2 rings (SSSR count). The molecule has 1 aromatic carbocycles. The summed E-state index contributed by atoms with van der Waals surface area (Å²) >= 11 is 0. The summed E-state index contributed by atoms with van der Waals surface area (Å²) in [5, 5.41) is 7.21. The first-order chi connectivity index (χ1) is 9.79. The van der Waals surface area contributed by atoms with Crippen molar-refractivity contribution in [2.24, 2.45) is 5.73 Å². The highest BCUT2D eigenvalue weighted by Crippen LogP contribution is 2.34. The van der Waals surface area contributed by atoms with Gasteiger partial charge in [0, 0.05) is 18.2 Å². The number of hydrogen-bond donors (Lipinski definition) is 2. The summed E-state index contributed by atoms with van der Waals surface area (Å²) < 4.78 is 44.2. The molecule has 0 amide bonds. The molecule has 0 spiro atoms. The lowest BCUT2D eigenvalue weighted by Gasteiger charge is -2.17. The minimum absolute atomic E-state index is 0.136. The Bertz CT molecular complexity index is 527. The number of nitrogens with two attached hydrogens (primary N) is 1. The van der Waals surface area contributed by atoms with Crippen LogP contribution in [-0.2, 0) is 6.18 Å². The van der Waals surface area contributed by atoms with Gasteiger partial charge >= 0.3 is 6.18 Å². The Morgan fingerprint density at radius 2 is 2.10 bits per heavy atom. The van der Waals surface area contributed by atoms with Gasteiger partial charge in [0.15, 0.2) is 0 Å². The molecule has 21 heavy (non-hydrogen) atoms. The fraction of sp³-hybridized carbons (Fsp3) is 0.500. The van der Waals surface area contributed by atoms with Crippen molar-refractivity contribution in [3.8, 4) is 5.75 Å². The van der Waals surface area contributed by atoms with Crippen LogP contribution >= 0.6 is 0 Å². The van der Waals surface area contributed by atoms with Crippen LogP contribution in [0.1, 0.15) is 24.0 Å². The van der Waals surface area contributed by atoms with Crippen molar-refractivity contribution < 1.29 is 17.9 Å². The van der Waals surface area contributed by atoms with Gasteiger partial charge in [-0.05, 0) is 38.1 Å². The smallest absolute Gasteiger partial charge is 0.417 e. The minimum Gasteiger partial charge on any atom is -0.492 e. The molecule has 116 valence electrons. The highest BCUT2D eigenvalue weighted by Gasteiger charge is 2.34. The van der Waals surface area contributed by atoms with Gasteiger partial charge in [-0.1, -0.05) is 0 Å². The predicted molar refractivity (Wildman–Crippen MR) is 73.6 cm³/mol. The summed E-state index contributed by atoms with van der Waals surface area (Å²) in [5.74, 6) is -0.473. The molecule has 0 aliphatic heterocycles. The number of nitrogen functional groups attached to an aromatic ring is 1. The van der Waals surface area contributed by atoms with Crippen LogP contribution in [0.25, 0.3) is 0 Å². The minimum atomic E-state index is -4.56. The maximum atomic E-state index is 12.9. The molecule has 3 N–H and O–H groups in total. The molecular formula is C14H18F3N3O. The quantitative estimate of drug-likeness (QED) is 0.627. The van der Waals surface area contributed by atoms with E-state index in [1.54, 1.807) is 0 Å². The van der Waals surface area contributed by atoms with Crippen LogP contribution in [0, 0.1) is 5.41 Å². The van der Waals surface area contributed by atoms with Crippen molar-refractivity contribution in [3.05, 3.63) is 29.3 Å². The Balaban J connectivity index is 2.04. The number of alkyl halides is 3. The van der Waals surface area contributed by atoms with Crippen LogP contribution in [0.3, 0.4) is 0 Å². The molecule has 0 radical (unpaired) electrons. The number of nitrogens with zero attached hydrogens (tertiary/aromatic N) is 1. The Morgan fingerprint density at radius 3 is 2.62 bits per heavy atom. The summed E-state index contributed by atoms with van der Waals surface area (Å²) in [5.41, 5.74) is 3.91. The number of nitrogens with one attached hydrogen (secondary N) is 1. The fourth-order valence-corrected chi connectivity index (χ4v) is 2.09. The summed E-state index contributed by atoms with van der Waals surface area (Å²) in [6.07, 6.45) is -2.23. The van der Waals surface area contributed by atoms with Crippen LogP contribution < -0.4 is 10.5 Å².